The first-order valence-corrected chi connectivity index (χ1v) is 15.9. The van der Waals surface area contributed by atoms with Gasteiger partial charge in [0.05, 0.1) is 17.4 Å². The lowest BCUT2D eigenvalue weighted by Crippen LogP contribution is -2.25. The average Bonchev–Trinajstić information content (AvgIpc) is 3.15. The molecule has 0 spiro atoms. The largest absolute Gasteiger partial charge is 0.462 e. The maximum Gasteiger partial charge on any atom is 0.341 e. The Kier molecular flexibility index (Phi) is 9.42. The van der Waals surface area contributed by atoms with Crippen molar-refractivity contribution in [1.82, 2.24) is 0 Å². The van der Waals surface area contributed by atoms with Gasteiger partial charge in [0, 0.05) is 21.0 Å². The zero-order valence-corrected chi connectivity index (χ0v) is 25.0. The second-order valence-corrected chi connectivity index (χ2v) is 12.4. The molecular formula is C33H34N2O4S2. The van der Waals surface area contributed by atoms with Crippen LogP contribution in [0, 0.1) is 0 Å². The molecule has 4 aromatic rings. The number of esters is 1. The van der Waals surface area contributed by atoms with Gasteiger partial charge in [0.2, 0.25) is 5.91 Å². The van der Waals surface area contributed by atoms with E-state index in [4.69, 9.17) is 4.74 Å². The van der Waals surface area contributed by atoms with Crippen molar-refractivity contribution in [2.45, 2.75) is 62.5 Å². The Hall–Kier alpha value is -3.62. The Morgan fingerprint density at radius 1 is 0.902 bits per heavy atom. The van der Waals surface area contributed by atoms with Gasteiger partial charge in [-0.3, -0.25) is 9.59 Å². The maximum atomic E-state index is 13.5. The predicted octanol–water partition coefficient (Wildman–Crippen LogP) is 8.11. The van der Waals surface area contributed by atoms with Gasteiger partial charge in [-0.2, -0.15) is 0 Å². The van der Waals surface area contributed by atoms with Gasteiger partial charge in [0.25, 0.3) is 5.91 Å². The first-order chi connectivity index (χ1) is 20.0. The highest BCUT2D eigenvalue weighted by Crippen LogP contribution is 2.39. The molecule has 1 unspecified atom stereocenters. The summed E-state index contributed by atoms with van der Waals surface area (Å²) in [6.07, 6.45) is 5.62. The summed E-state index contributed by atoms with van der Waals surface area (Å²) in [5, 5.41) is 8.36. The zero-order chi connectivity index (χ0) is 28.8. The number of nitrogens with one attached hydrogen (secondary N) is 2. The normalized spacial score (nSPS) is 13.6. The number of carbonyl (C=O) groups is 3. The highest BCUT2D eigenvalue weighted by Gasteiger charge is 2.28. The maximum absolute atomic E-state index is 13.5. The van der Waals surface area contributed by atoms with Gasteiger partial charge in [-0.05, 0) is 85.7 Å². The molecule has 1 aromatic heterocycles. The van der Waals surface area contributed by atoms with E-state index in [-0.39, 0.29) is 29.6 Å². The number of carbonyl (C=O) groups excluding carboxylic acids is 3. The van der Waals surface area contributed by atoms with E-state index in [0.717, 1.165) is 53.3 Å². The van der Waals surface area contributed by atoms with Crippen molar-refractivity contribution in [2.75, 3.05) is 17.2 Å². The van der Waals surface area contributed by atoms with Gasteiger partial charge in [-0.25, -0.2) is 4.79 Å². The van der Waals surface area contributed by atoms with Crippen LogP contribution in [0.1, 0.15) is 70.7 Å². The number of rotatable bonds is 9. The number of hydrogen-bond donors (Lipinski definition) is 2. The molecule has 1 atom stereocenters. The molecule has 0 fully saturated rings. The lowest BCUT2D eigenvalue weighted by Gasteiger charge is -2.16. The fourth-order valence-electron chi connectivity index (χ4n) is 5.11. The van der Waals surface area contributed by atoms with Crippen LogP contribution in [-0.2, 0) is 22.4 Å². The first-order valence-electron chi connectivity index (χ1n) is 14.2. The van der Waals surface area contributed by atoms with Crippen LogP contribution in [-0.4, -0.2) is 29.6 Å². The lowest BCUT2D eigenvalue weighted by molar-refractivity contribution is -0.115. The molecule has 212 valence electrons. The summed E-state index contributed by atoms with van der Waals surface area (Å²) in [6.45, 7) is 4.06. The van der Waals surface area contributed by atoms with E-state index in [0.29, 0.717) is 28.2 Å². The molecule has 41 heavy (non-hydrogen) atoms. The Morgan fingerprint density at radius 2 is 1.71 bits per heavy atom. The lowest BCUT2D eigenvalue weighted by atomic mass is 10.1. The number of amides is 2. The number of aryl methyl sites for hydroxylation is 1. The van der Waals surface area contributed by atoms with Gasteiger partial charge in [-0.15, -0.1) is 23.1 Å². The average molecular weight is 587 g/mol. The predicted molar refractivity (Wildman–Crippen MR) is 168 cm³/mol. The quantitative estimate of drug-likeness (QED) is 0.118. The second-order valence-electron chi connectivity index (χ2n) is 10.0. The van der Waals surface area contributed by atoms with Crippen molar-refractivity contribution in [3.05, 3.63) is 88.3 Å². The van der Waals surface area contributed by atoms with Crippen molar-refractivity contribution in [2.24, 2.45) is 0 Å². The Balaban J connectivity index is 1.29. The van der Waals surface area contributed by atoms with Gasteiger partial charge in [0.1, 0.15) is 5.00 Å². The summed E-state index contributed by atoms with van der Waals surface area (Å²) in [7, 11) is 0. The fourth-order valence-corrected chi connectivity index (χ4v) is 7.40. The smallest absolute Gasteiger partial charge is 0.341 e. The first kappa shape index (κ1) is 28.9. The van der Waals surface area contributed by atoms with Gasteiger partial charge < -0.3 is 15.4 Å². The summed E-state index contributed by atoms with van der Waals surface area (Å²) in [4.78, 5) is 41.4. The minimum atomic E-state index is -0.376. The topological polar surface area (TPSA) is 84.5 Å². The highest BCUT2D eigenvalue weighted by molar-refractivity contribution is 8.00. The molecule has 5 rings (SSSR count). The zero-order valence-electron chi connectivity index (χ0n) is 23.3. The number of fused-ring (bicyclic) bond motifs is 2. The van der Waals surface area contributed by atoms with Crippen LogP contribution in [0.5, 0.6) is 0 Å². The Morgan fingerprint density at radius 3 is 2.51 bits per heavy atom. The second kappa shape index (κ2) is 13.4. The fraction of sp³-hybridized carbons (Fsp3) is 0.303. The Labute approximate surface area is 248 Å². The van der Waals surface area contributed by atoms with Crippen molar-refractivity contribution in [1.29, 1.82) is 0 Å². The van der Waals surface area contributed by atoms with Crippen LogP contribution in [0.2, 0.25) is 0 Å². The number of hydrogen-bond acceptors (Lipinski definition) is 6. The summed E-state index contributed by atoms with van der Waals surface area (Å²) in [6, 6.07) is 21.1. The third-order valence-electron chi connectivity index (χ3n) is 7.18. The van der Waals surface area contributed by atoms with Crippen LogP contribution in [0.4, 0.5) is 10.7 Å². The molecule has 6 nitrogen and oxygen atoms in total. The number of ether oxygens (including phenoxy) is 1. The Bertz CT molecular complexity index is 1580. The molecule has 0 aliphatic heterocycles. The van der Waals surface area contributed by atoms with E-state index < -0.39 is 0 Å². The third-order valence-corrected chi connectivity index (χ3v) is 9.75. The molecule has 0 radical (unpaired) electrons. The van der Waals surface area contributed by atoms with Gasteiger partial charge in [0.15, 0.2) is 0 Å². The summed E-state index contributed by atoms with van der Waals surface area (Å²) in [5.41, 5.74) is 2.81. The third kappa shape index (κ3) is 6.82. The van der Waals surface area contributed by atoms with E-state index >= 15 is 0 Å². The molecule has 1 heterocycles. The number of anilines is 2. The molecule has 2 amide bonds. The van der Waals surface area contributed by atoms with Crippen molar-refractivity contribution < 1.29 is 19.1 Å². The number of thioether (sulfide) groups is 1. The van der Waals surface area contributed by atoms with E-state index in [1.807, 2.05) is 73.7 Å². The van der Waals surface area contributed by atoms with Crippen molar-refractivity contribution >= 4 is 62.3 Å². The van der Waals surface area contributed by atoms with Crippen LogP contribution < -0.4 is 10.6 Å². The summed E-state index contributed by atoms with van der Waals surface area (Å²) < 4.78 is 5.37. The van der Waals surface area contributed by atoms with Crippen LogP contribution in [0.25, 0.3) is 10.8 Å². The number of benzene rings is 3. The van der Waals surface area contributed by atoms with E-state index in [2.05, 4.69) is 10.6 Å². The summed E-state index contributed by atoms with van der Waals surface area (Å²) >= 11 is 2.95. The molecule has 8 heteroatoms. The molecule has 1 aliphatic rings. The van der Waals surface area contributed by atoms with Crippen molar-refractivity contribution in [3.8, 4) is 0 Å². The van der Waals surface area contributed by atoms with Crippen LogP contribution in [0.15, 0.2) is 71.6 Å². The molecule has 2 N–H and O–H groups in total. The minimum Gasteiger partial charge on any atom is -0.462 e. The van der Waals surface area contributed by atoms with E-state index in [1.165, 1.54) is 28.0 Å². The minimum absolute atomic E-state index is 0.148. The van der Waals surface area contributed by atoms with Crippen LogP contribution in [0.3, 0.4) is 0 Å². The molecular weight excluding hydrogens is 553 g/mol. The summed E-state index contributed by atoms with van der Waals surface area (Å²) in [5.74, 6) is -0.700. The van der Waals surface area contributed by atoms with E-state index in [1.54, 1.807) is 6.92 Å². The van der Waals surface area contributed by atoms with Crippen molar-refractivity contribution in [3.63, 3.8) is 0 Å². The van der Waals surface area contributed by atoms with Gasteiger partial charge >= 0.3 is 5.97 Å². The monoisotopic (exact) mass is 586 g/mol. The molecule has 1 aliphatic carbocycles. The van der Waals surface area contributed by atoms with Gasteiger partial charge in [-0.1, -0.05) is 49.7 Å². The standard InChI is InChI=1S/C33H34N2O4S2/c1-3-27(31(37)35-32-29(33(38)39-4-2)26-15-6-5-7-16-28(26)41-32)40-25-14-10-13-24(20-25)34-30(36)23-18-17-21-11-8-9-12-22(21)19-23/h8-14,17-20,27H,3-7,15-16H2,1-2H3,(H,34,36)(H,35,37). The molecule has 3 aromatic carbocycles. The SMILES string of the molecule is CCOC(=O)c1c(NC(=O)C(CC)Sc2cccc(NC(=O)c3ccc4ccccc4c3)c2)sc2c1CCCCC2. The molecule has 0 saturated heterocycles. The molecule has 0 saturated carbocycles. The molecule has 0 bridgehead atoms. The van der Waals surface area contributed by atoms with Crippen LogP contribution >= 0.6 is 23.1 Å². The highest BCUT2D eigenvalue weighted by atomic mass is 32.2. The number of thiophene rings is 1. The van der Waals surface area contributed by atoms with E-state index in [9.17, 15) is 14.4 Å².